The third kappa shape index (κ3) is 11.2. The van der Waals surface area contributed by atoms with E-state index in [1.807, 2.05) is 95.6 Å². The van der Waals surface area contributed by atoms with Gasteiger partial charge >= 0.3 is 6.09 Å². The molecule has 17 nitrogen and oxygen atoms in total. The lowest BCUT2D eigenvalue weighted by Crippen LogP contribution is -2.50. The average molecular weight is 732 g/mol. The molecule has 3 amide bonds. The lowest BCUT2D eigenvalue weighted by Gasteiger charge is -2.37. The molecule has 0 radical (unpaired) electrons. The standard InChI is InChI=1S/C36H41N7O10/c1-35(2,3)52-34(46)37-20-19-32(44)40-31(33(45)38-22-30(53-43(49)50)24-51-42(47)48)21-29-23-41(25-39-29)36(26-13-7-4-8-14-26,27-15-9-5-10-16-27)28-17-11-6-12-18-28/h4-18,23,25,30-31H,19-22,24H2,1-3H3,(H,37,46)(H,38,45)(H,40,44)/t30-,31+/m1/s1. The van der Waals surface area contributed by atoms with E-state index >= 15 is 0 Å². The molecule has 0 aliphatic heterocycles. The molecule has 280 valence electrons. The molecule has 0 aliphatic rings. The van der Waals surface area contributed by atoms with Crippen LogP contribution in [0.3, 0.4) is 0 Å². The van der Waals surface area contributed by atoms with Crippen LogP contribution in [0.5, 0.6) is 0 Å². The van der Waals surface area contributed by atoms with Gasteiger partial charge < -0.3 is 34.9 Å². The van der Waals surface area contributed by atoms with Gasteiger partial charge in [-0.1, -0.05) is 91.0 Å². The Bertz CT molecular complexity index is 1740. The van der Waals surface area contributed by atoms with Gasteiger partial charge in [0.2, 0.25) is 11.8 Å². The molecule has 3 N–H and O–H groups in total. The second-order valence-corrected chi connectivity index (χ2v) is 12.8. The van der Waals surface area contributed by atoms with E-state index in [4.69, 9.17) is 4.74 Å². The van der Waals surface area contributed by atoms with Gasteiger partial charge in [-0.05, 0) is 37.5 Å². The molecule has 0 saturated carbocycles. The van der Waals surface area contributed by atoms with Crippen molar-refractivity contribution in [3.63, 3.8) is 0 Å². The number of rotatable bonds is 18. The Morgan fingerprint density at radius 3 is 1.87 bits per heavy atom. The number of hydrogen-bond acceptors (Lipinski definition) is 11. The molecule has 2 atom stereocenters. The maximum Gasteiger partial charge on any atom is 0.407 e. The minimum atomic E-state index is -1.53. The molecule has 0 aliphatic carbocycles. The van der Waals surface area contributed by atoms with Crippen LogP contribution in [0, 0.1) is 20.2 Å². The van der Waals surface area contributed by atoms with Crippen molar-refractivity contribution in [3.05, 3.63) is 146 Å². The summed E-state index contributed by atoms with van der Waals surface area (Å²) in [5.74, 6) is -1.39. The maximum atomic E-state index is 13.6. The summed E-state index contributed by atoms with van der Waals surface area (Å²) < 4.78 is 7.12. The topological polar surface area (TPSA) is 219 Å². The van der Waals surface area contributed by atoms with Crippen molar-refractivity contribution in [3.8, 4) is 0 Å². The van der Waals surface area contributed by atoms with Crippen LogP contribution in [-0.2, 0) is 36.0 Å². The number of amides is 3. The number of nitrogens with zero attached hydrogens (tertiary/aromatic N) is 4. The Hall–Kier alpha value is -6.52. The fourth-order valence-electron chi connectivity index (χ4n) is 5.64. The van der Waals surface area contributed by atoms with Crippen molar-refractivity contribution in [2.24, 2.45) is 0 Å². The maximum absolute atomic E-state index is 13.6. The Morgan fingerprint density at radius 1 is 0.830 bits per heavy atom. The normalized spacial score (nSPS) is 12.4. The van der Waals surface area contributed by atoms with Gasteiger partial charge in [-0.2, -0.15) is 0 Å². The van der Waals surface area contributed by atoms with E-state index < -0.39 is 64.5 Å². The van der Waals surface area contributed by atoms with Crippen molar-refractivity contribution >= 4 is 17.9 Å². The molecule has 0 fully saturated rings. The minimum absolute atomic E-state index is 0.103. The summed E-state index contributed by atoms with van der Waals surface area (Å²) in [6.45, 7) is 3.57. The first-order valence-electron chi connectivity index (χ1n) is 16.6. The molecular formula is C36H41N7O10. The number of carbonyl (C=O) groups excluding carboxylic acids is 3. The molecule has 0 saturated heterocycles. The third-order valence-electron chi connectivity index (χ3n) is 7.79. The molecule has 0 spiro atoms. The van der Waals surface area contributed by atoms with E-state index in [1.54, 1.807) is 33.3 Å². The molecule has 4 rings (SSSR count). The smallest absolute Gasteiger partial charge is 0.407 e. The van der Waals surface area contributed by atoms with Gasteiger partial charge in [0.05, 0.1) is 12.0 Å². The first-order chi connectivity index (χ1) is 25.3. The Labute approximate surface area is 304 Å². The van der Waals surface area contributed by atoms with Crippen molar-refractivity contribution in [1.29, 1.82) is 0 Å². The molecule has 1 aromatic heterocycles. The highest BCUT2D eigenvalue weighted by atomic mass is 17.0. The number of imidazole rings is 1. The van der Waals surface area contributed by atoms with Gasteiger partial charge in [-0.3, -0.25) is 9.59 Å². The molecule has 3 aromatic carbocycles. The van der Waals surface area contributed by atoms with Crippen LogP contribution in [0.15, 0.2) is 104 Å². The van der Waals surface area contributed by atoms with Gasteiger partial charge in [-0.15, -0.1) is 20.2 Å². The second kappa shape index (κ2) is 18.1. The van der Waals surface area contributed by atoms with Crippen LogP contribution in [0.4, 0.5) is 4.79 Å². The minimum Gasteiger partial charge on any atom is -0.444 e. The summed E-state index contributed by atoms with van der Waals surface area (Å²) in [6.07, 6.45) is 0.798. The highest BCUT2D eigenvalue weighted by molar-refractivity contribution is 5.88. The van der Waals surface area contributed by atoms with Gasteiger partial charge in [0.1, 0.15) is 29.9 Å². The number of hydrogen-bond donors (Lipinski definition) is 3. The molecule has 53 heavy (non-hydrogen) atoms. The highest BCUT2D eigenvalue weighted by Crippen LogP contribution is 2.40. The van der Waals surface area contributed by atoms with Crippen LogP contribution in [-0.4, -0.2) is 75.1 Å². The predicted molar refractivity (Wildman–Crippen MR) is 189 cm³/mol. The zero-order chi connectivity index (χ0) is 38.4. The van der Waals surface area contributed by atoms with Crippen molar-refractivity contribution in [2.75, 3.05) is 19.7 Å². The zero-order valence-corrected chi connectivity index (χ0v) is 29.4. The molecule has 1 heterocycles. The summed E-state index contributed by atoms with van der Waals surface area (Å²) in [5.41, 5.74) is 1.52. The van der Waals surface area contributed by atoms with Crippen LogP contribution >= 0.6 is 0 Å². The number of alkyl carbamates (subject to hydrolysis) is 1. The van der Waals surface area contributed by atoms with Crippen LogP contribution in [0.1, 0.15) is 49.6 Å². The first kappa shape index (κ1) is 39.3. The van der Waals surface area contributed by atoms with Crippen LogP contribution in [0.25, 0.3) is 0 Å². The molecular weight excluding hydrogens is 690 g/mol. The van der Waals surface area contributed by atoms with Crippen molar-refractivity contribution in [1.82, 2.24) is 25.5 Å². The predicted octanol–water partition coefficient (Wildman–Crippen LogP) is 3.57. The Morgan fingerprint density at radius 2 is 1.38 bits per heavy atom. The largest absolute Gasteiger partial charge is 0.444 e. The number of aromatic nitrogens is 2. The zero-order valence-electron chi connectivity index (χ0n) is 29.4. The molecule has 4 aromatic rings. The van der Waals surface area contributed by atoms with E-state index in [1.165, 1.54) is 0 Å². The monoisotopic (exact) mass is 731 g/mol. The number of carbonyl (C=O) groups is 3. The van der Waals surface area contributed by atoms with E-state index in [9.17, 15) is 34.6 Å². The van der Waals surface area contributed by atoms with E-state index in [0.29, 0.717) is 5.69 Å². The highest BCUT2D eigenvalue weighted by Gasteiger charge is 2.38. The lowest BCUT2D eigenvalue weighted by molar-refractivity contribution is -0.789. The number of ether oxygens (including phenoxy) is 1. The lowest BCUT2D eigenvalue weighted by atomic mass is 9.77. The van der Waals surface area contributed by atoms with Crippen LogP contribution < -0.4 is 16.0 Å². The molecule has 17 heteroatoms. The van der Waals surface area contributed by atoms with Crippen molar-refractivity contribution in [2.45, 2.75) is 56.9 Å². The third-order valence-corrected chi connectivity index (χ3v) is 7.79. The summed E-state index contributed by atoms with van der Waals surface area (Å²) in [5, 5.41) is 26.9. The molecule has 0 unspecified atom stereocenters. The van der Waals surface area contributed by atoms with Crippen molar-refractivity contribution < 1.29 is 39.0 Å². The summed E-state index contributed by atoms with van der Waals surface area (Å²) in [4.78, 5) is 73.7. The fraction of sp³-hybridized carbons (Fsp3) is 0.333. The Balaban J connectivity index is 1.64. The molecule has 0 bridgehead atoms. The van der Waals surface area contributed by atoms with E-state index in [-0.39, 0.29) is 19.4 Å². The van der Waals surface area contributed by atoms with Gasteiger partial charge in [-0.25, -0.2) is 9.78 Å². The first-order valence-corrected chi connectivity index (χ1v) is 16.6. The van der Waals surface area contributed by atoms with E-state index in [0.717, 1.165) is 16.7 Å². The summed E-state index contributed by atoms with van der Waals surface area (Å²) >= 11 is 0. The SMILES string of the molecule is CC(C)(C)OC(=O)NCCC(=O)N[C@@H](Cc1cn(C(c2ccccc2)(c2ccccc2)c2ccccc2)cn1)C(=O)NC[C@H](CO[N+](=O)[O-])O[N+](=O)[O-]. The van der Waals surface area contributed by atoms with Gasteiger partial charge in [0.25, 0.3) is 10.2 Å². The number of benzene rings is 3. The van der Waals surface area contributed by atoms with Crippen LogP contribution in [0.2, 0.25) is 0 Å². The average Bonchev–Trinajstić information content (AvgIpc) is 3.58. The van der Waals surface area contributed by atoms with Gasteiger partial charge in [0, 0.05) is 32.1 Å². The Kier molecular flexibility index (Phi) is 13.4. The summed E-state index contributed by atoms with van der Waals surface area (Å²) in [6, 6.07) is 28.2. The quantitative estimate of drug-likeness (QED) is 0.0763. The second-order valence-electron chi connectivity index (χ2n) is 12.8. The van der Waals surface area contributed by atoms with E-state index in [2.05, 4.69) is 30.6 Å². The van der Waals surface area contributed by atoms with Gasteiger partial charge in [0.15, 0.2) is 0 Å². The summed E-state index contributed by atoms with van der Waals surface area (Å²) in [7, 11) is 0. The number of nitrogens with one attached hydrogen (secondary N) is 3. The fourth-order valence-corrected chi connectivity index (χ4v) is 5.64.